The van der Waals surface area contributed by atoms with Crippen molar-refractivity contribution in [2.24, 2.45) is 0 Å². The van der Waals surface area contributed by atoms with Gasteiger partial charge in [0.1, 0.15) is 6.43 Å². The van der Waals surface area contributed by atoms with E-state index in [2.05, 4.69) is 79.6 Å². The van der Waals surface area contributed by atoms with E-state index in [1.165, 1.54) is 0 Å². The summed E-state index contributed by atoms with van der Waals surface area (Å²) < 4.78 is -0.473. The Labute approximate surface area is 101 Å². The Morgan fingerprint density at radius 2 is 1.44 bits per heavy atom. The molecule has 0 aliphatic carbocycles. The first kappa shape index (κ1) is 11.7. The third kappa shape index (κ3) is 5.01. The van der Waals surface area contributed by atoms with Crippen LogP contribution in [0.5, 0.6) is 0 Å². The van der Waals surface area contributed by atoms with Crippen LogP contribution in [0.2, 0.25) is 0 Å². The Morgan fingerprint density at radius 1 is 1.11 bits per heavy atom. The second kappa shape index (κ2) is 4.65. The van der Waals surface area contributed by atoms with Crippen molar-refractivity contribution in [1.29, 1.82) is 0 Å². The fraction of sp³-hybridized carbons (Fsp3) is 1.00. The van der Waals surface area contributed by atoms with Gasteiger partial charge in [-0.1, -0.05) is 79.6 Å². The monoisotopic (exact) mass is 468 g/mol. The van der Waals surface area contributed by atoms with E-state index in [9.17, 15) is 0 Å². The second-order valence-electron chi connectivity index (χ2n) is 1.28. The molecule has 0 aromatic heterocycles. The third-order valence-corrected chi connectivity index (χ3v) is 6.87. The molecule has 0 heterocycles. The molecule has 0 amide bonds. The van der Waals surface area contributed by atoms with Gasteiger partial charge in [-0.05, 0) is 0 Å². The fourth-order valence-electron chi connectivity index (χ4n) is 0.143. The molecule has 6 heteroatoms. The van der Waals surface area contributed by atoms with Gasteiger partial charge in [-0.2, -0.15) is 0 Å². The predicted octanol–water partition coefficient (Wildman–Crippen LogP) is 4.55. The van der Waals surface area contributed by atoms with Crippen molar-refractivity contribution >= 4 is 91.3 Å². The summed E-state index contributed by atoms with van der Waals surface area (Å²) in [6, 6.07) is 0. The lowest BCUT2D eigenvalue weighted by molar-refractivity contribution is 1.07. The van der Waals surface area contributed by atoms with Crippen LogP contribution in [0.3, 0.4) is 0 Å². The molecular formula is C3H2Br5Cl. The number of rotatable bonds is 1. The second-order valence-corrected chi connectivity index (χ2v) is 11.2. The summed E-state index contributed by atoms with van der Waals surface area (Å²) in [5, 5.41) is 0. The van der Waals surface area contributed by atoms with E-state index < -0.39 is 0 Å². The Hall–Kier alpha value is 2.69. The average molecular weight is 473 g/mol. The van der Waals surface area contributed by atoms with Gasteiger partial charge in [-0.3, -0.25) is 0 Å². The molecular weight excluding hydrogens is 471 g/mol. The summed E-state index contributed by atoms with van der Waals surface area (Å²) in [6.45, 7) is 0. The molecule has 2 atom stereocenters. The number of halogens is 6. The minimum Gasteiger partial charge on any atom is -0.109 e. The number of hydrogen-bond acceptors (Lipinski definition) is 0. The van der Waals surface area contributed by atoms with E-state index in [4.69, 9.17) is 11.6 Å². The molecule has 0 aliphatic heterocycles. The third-order valence-electron chi connectivity index (χ3n) is 0.534. The van der Waals surface area contributed by atoms with Crippen molar-refractivity contribution in [3.05, 3.63) is 0 Å². The minimum absolute atomic E-state index is 0.0617. The molecule has 0 rings (SSSR count). The van der Waals surface area contributed by atoms with Crippen molar-refractivity contribution in [3.8, 4) is 0 Å². The molecule has 0 saturated heterocycles. The maximum atomic E-state index is 5.69. The van der Waals surface area contributed by atoms with Crippen molar-refractivity contribution in [2.75, 3.05) is 0 Å². The van der Waals surface area contributed by atoms with Crippen LogP contribution in [-0.4, -0.2) is 11.3 Å². The molecule has 0 N–H and O–H groups in total. The molecule has 0 nitrogen and oxygen atoms in total. The smallest absolute Gasteiger partial charge is 0.109 e. The van der Waals surface area contributed by atoms with Gasteiger partial charge in [0.15, 0.2) is 0 Å². The van der Waals surface area contributed by atoms with Crippen molar-refractivity contribution in [3.63, 3.8) is 0 Å². The highest BCUT2D eigenvalue weighted by molar-refractivity contribution is 9.40. The van der Waals surface area contributed by atoms with Crippen LogP contribution in [0.25, 0.3) is 0 Å². The molecule has 0 aromatic rings. The molecule has 9 heavy (non-hydrogen) atoms. The van der Waals surface area contributed by atoms with Gasteiger partial charge >= 0.3 is 0 Å². The number of hydrogen-bond donors (Lipinski definition) is 0. The highest BCUT2D eigenvalue weighted by Gasteiger charge is 2.32. The maximum absolute atomic E-state index is 5.69. The van der Waals surface area contributed by atoms with E-state index in [1.807, 2.05) is 0 Å². The van der Waals surface area contributed by atoms with E-state index in [1.54, 1.807) is 0 Å². The van der Waals surface area contributed by atoms with E-state index in [0.29, 0.717) is 0 Å². The molecule has 0 aliphatic rings. The van der Waals surface area contributed by atoms with Crippen molar-refractivity contribution in [1.82, 2.24) is 0 Å². The SMILES string of the molecule is ClC(Br)C(Br)C(Br)(Br)Br. The minimum atomic E-state index is -0.344. The average Bonchev–Trinajstić information content (AvgIpc) is 1.62. The zero-order valence-electron chi connectivity index (χ0n) is 3.92. The van der Waals surface area contributed by atoms with Crippen molar-refractivity contribution < 1.29 is 0 Å². The Morgan fingerprint density at radius 3 is 1.44 bits per heavy atom. The van der Waals surface area contributed by atoms with E-state index in [-0.39, 0.29) is 11.3 Å². The summed E-state index contributed by atoms with van der Waals surface area (Å²) in [5.74, 6) is 0. The summed E-state index contributed by atoms with van der Waals surface area (Å²) in [7, 11) is 0. The normalized spacial score (nSPS) is 19.3. The first-order chi connectivity index (χ1) is 3.85. The molecule has 0 aromatic carbocycles. The lowest BCUT2D eigenvalue weighted by Crippen LogP contribution is -2.23. The van der Waals surface area contributed by atoms with Crippen LogP contribution in [0.4, 0.5) is 0 Å². The fourth-order valence-corrected chi connectivity index (χ4v) is 3.04. The van der Waals surface area contributed by atoms with E-state index in [0.717, 1.165) is 0 Å². The van der Waals surface area contributed by atoms with Crippen LogP contribution in [0.15, 0.2) is 0 Å². The molecule has 0 saturated carbocycles. The van der Waals surface area contributed by atoms with Crippen molar-refractivity contribution in [2.45, 2.75) is 11.3 Å². The van der Waals surface area contributed by atoms with Crippen LogP contribution in [-0.2, 0) is 0 Å². The van der Waals surface area contributed by atoms with Crippen LogP contribution >= 0.6 is 91.3 Å². The van der Waals surface area contributed by atoms with Gasteiger partial charge in [0.2, 0.25) is 0 Å². The standard InChI is InChI=1S/C3H2Br5Cl/c4-1(2(5)9)3(6,7)8/h1-2H. The van der Waals surface area contributed by atoms with Crippen LogP contribution < -0.4 is 0 Å². The maximum Gasteiger partial charge on any atom is 0.149 e. The first-order valence-corrected chi connectivity index (χ1v) is 6.49. The van der Waals surface area contributed by atoms with Crippen LogP contribution in [0, 0.1) is 0 Å². The first-order valence-electron chi connectivity index (χ1n) is 1.84. The number of alkyl halides is 6. The van der Waals surface area contributed by atoms with Crippen LogP contribution in [0.1, 0.15) is 0 Å². The van der Waals surface area contributed by atoms with Gasteiger partial charge in [-0.25, -0.2) is 0 Å². The Kier molecular flexibility index (Phi) is 6.04. The lowest BCUT2D eigenvalue weighted by atomic mass is 10.6. The summed E-state index contributed by atoms with van der Waals surface area (Å²) >= 11 is 22.2. The highest BCUT2D eigenvalue weighted by atomic mass is 80.0. The largest absolute Gasteiger partial charge is 0.149 e. The van der Waals surface area contributed by atoms with Gasteiger partial charge in [0, 0.05) is 0 Å². The quantitative estimate of drug-likeness (QED) is 0.491. The van der Waals surface area contributed by atoms with Gasteiger partial charge in [-0.15, -0.1) is 11.6 Å². The molecule has 0 radical (unpaired) electrons. The Balaban J connectivity index is 3.88. The molecule has 2 unspecified atom stereocenters. The molecule has 0 spiro atoms. The van der Waals surface area contributed by atoms with Gasteiger partial charge in [0.05, 0.1) is 4.83 Å². The molecule has 0 fully saturated rings. The van der Waals surface area contributed by atoms with Gasteiger partial charge < -0.3 is 0 Å². The summed E-state index contributed by atoms with van der Waals surface area (Å²) in [5.41, 5.74) is 0. The predicted molar refractivity (Wildman–Crippen MR) is 60.8 cm³/mol. The summed E-state index contributed by atoms with van der Waals surface area (Å²) in [4.78, 5) is 0.0617. The van der Waals surface area contributed by atoms with E-state index >= 15 is 0 Å². The summed E-state index contributed by atoms with van der Waals surface area (Å²) in [6.07, 6.45) is 0. The zero-order chi connectivity index (χ0) is 7.65. The zero-order valence-corrected chi connectivity index (χ0v) is 12.6. The topological polar surface area (TPSA) is 0 Å². The molecule has 56 valence electrons. The molecule has 0 bridgehead atoms. The highest BCUT2D eigenvalue weighted by Crippen LogP contribution is 2.44. The Bertz CT molecular complexity index is 86.7. The van der Waals surface area contributed by atoms with Gasteiger partial charge in [0.25, 0.3) is 0 Å². The lowest BCUT2D eigenvalue weighted by Gasteiger charge is -2.20.